The molecule has 0 aliphatic carbocycles. The summed E-state index contributed by atoms with van der Waals surface area (Å²) < 4.78 is 5.73. The van der Waals surface area contributed by atoms with Crippen LogP contribution in [0.3, 0.4) is 0 Å². The van der Waals surface area contributed by atoms with Crippen LogP contribution in [0.25, 0.3) is 0 Å². The number of ether oxygens (including phenoxy) is 1. The summed E-state index contributed by atoms with van der Waals surface area (Å²) in [6.45, 7) is 10.2. The monoisotopic (exact) mass is 430 g/mol. The van der Waals surface area contributed by atoms with Crippen LogP contribution in [0.4, 0.5) is 11.4 Å². The Bertz CT molecular complexity index is 1080. The van der Waals surface area contributed by atoms with Gasteiger partial charge in [-0.05, 0) is 73.4 Å². The summed E-state index contributed by atoms with van der Waals surface area (Å²) in [5.41, 5.74) is 3.55. The van der Waals surface area contributed by atoms with Crippen LogP contribution in [0.15, 0.2) is 72.8 Å². The quantitative estimate of drug-likeness (QED) is 0.484. The second-order valence-electron chi connectivity index (χ2n) is 8.98. The minimum Gasteiger partial charge on any atom is -0.490 e. The van der Waals surface area contributed by atoms with Crippen LogP contribution in [0.2, 0.25) is 0 Å². The maximum Gasteiger partial charge on any atom is 0.259 e. The fraction of sp³-hybridized carbons (Fsp3) is 0.259. The van der Waals surface area contributed by atoms with Gasteiger partial charge in [0.05, 0.1) is 11.7 Å². The average molecular weight is 431 g/mol. The first kappa shape index (κ1) is 23.1. The molecule has 0 atom stereocenters. The summed E-state index contributed by atoms with van der Waals surface area (Å²) in [4.78, 5) is 25.3. The van der Waals surface area contributed by atoms with E-state index < -0.39 is 0 Å². The second-order valence-corrected chi connectivity index (χ2v) is 8.98. The number of amides is 2. The van der Waals surface area contributed by atoms with Gasteiger partial charge in [-0.1, -0.05) is 45.0 Å². The lowest BCUT2D eigenvalue weighted by Crippen LogP contribution is -2.16. The number of carbonyl (C=O) groups excluding carboxylic acids is 2. The number of nitrogens with one attached hydrogen (secondary N) is 2. The number of anilines is 2. The van der Waals surface area contributed by atoms with E-state index in [1.54, 1.807) is 42.5 Å². The van der Waals surface area contributed by atoms with Crippen LogP contribution in [0.5, 0.6) is 5.75 Å². The van der Waals surface area contributed by atoms with Crippen molar-refractivity contribution in [3.8, 4) is 5.75 Å². The number of carbonyl (C=O) groups is 2. The molecule has 0 aliphatic heterocycles. The van der Waals surface area contributed by atoms with E-state index in [-0.39, 0.29) is 23.3 Å². The van der Waals surface area contributed by atoms with Crippen molar-refractivity contribution in [2.24, 2.45) is 0 Å². The van der Waals surface area contributed by atoms with Crippen LogP contribution < -0.4 is 15.4 Å². The van der Waals surface area contributed by atoms with Crippen LogP contribution in [0, 0.1) is 0 Å². The highest BCUT2D eigenvalue weighted by Gasteiger charge is 2.15. The minimum atomic E-state index is -0.253. The van der Waals surface area contributed by atoms with Crippen molar-refractivity contribution in [1.29, 1.82) is 0 Å². The highest BCUT2D eigenvalue weighted by atomic mass is 16.5. The summed E-state index contributed by atoms with van der Waals surface area (Å²) in [5, 5.41) is 5.76. The zero-order valence-corrected chi connectivity index (χ0v) is 19.2. The van der Waals surface area contributed by atoms with E-state index in [1.165, 1.54) is 5.56 Å². The zero-order chi connectivity index (χ0) is 23.3. The van der Waals surface area contributed by atoms with Gasteiger partial charge >= 0.3 is 0 Å². The third kappa shape index (κ3) is 5.97. The van der Waals surface area contributed by atoms with E-state index in [0.717, 1.165) is 0 Å². The number of hydrogen-bond acceptors (Lipinski definition) is 3. The van der Waals surface area contributed by atoms with Gasteiger partial charge in [-0.2, -0.15) is 0 Å². The van der Waals surface area contributed by atoms with Gasteiger partial charge in [0.25, 0.3) is 11.8 Å². The van der Waals surface area contributed by atoms with E-state index in [4.69, 9.17) is 4.74 Å². The van der Waals surface area contributed by atoms with Crippen molar-refractivity contribution in [3.63, 3.8) is 0 Å². The number of rotatable bonds is 6. The fourth-order valence-corrected chi connectivity index (χ4v) is 3.17. The Hall–Kier alpha value is -3.60. The first-order chi connectivity index (χ1) is 15.1. The van der Waals surface area contributed by atoms with Crippen molar-refractivity contribution in [3.05, 3.63) is 89.5 Å². The molecule has 0 unspecified atom stereocenters. The Balaban J connectivity index is 1.64. The van der Waals surface area contributed by atoms with E-state index >= 15 is 0 Å². The Morgan fingerprint density at radius 3 is 1.81 bits per heavy atom. The highest BCUT2D eigenvalue weighted by molar-refractivity contribution is 6.07. The largest absolute Gasteiger partial charge is 0.490 e. The Morgan fingerprint density at radius 2 is 1.28 bits per heavy atom. The Labute approximate surface area is 189 Å². The maximum absolute atomic E-state index is 12.7. The summed E-state index contributed by atoms with van der Waals surface area (Å²) in [5.74, 6) is 0.111. The molecule has 3 aromatic carbocycles. The molecule has 0 radical (unpaired) electrons. The van der Waals surface area contributed by atoms with E-state index in [9.17, 15) is 9.59 Å². The molecule has 5 nitrogen and oxygen atoms in total. The highest BCUT2D eigenvalue weighted by Crippen LogP contribution is 2.24. The Kier molecular flexibility index (Phi) is 6.98. The van der Waals surface area contributed by atoms with E-state index in [2.05, 4.69) is 31.4 Å². The van der Waals surface area contributed by atoms with Gasteiger partial charge in [0, 0.05) is 16.9 Å². The molecule has 0 heterocycles. The van der Waals surface area contributed by atoms with Crippen molar-refractivity contribution < 1.29 is 14.3 Å². The third-order valence-electron chi connectivity index (χ3n) is 4.91. The fourth-order valence-electron chi connectivity index (χ4n) is 3.17. The van der Waals surface area contributed by atoms with Gasteiger partial charge in [-0.25, -0.2) is 0 Å². The number of benzene rings is 3. The van der Waals surface area contributed by atoms with Gasteiger partial charge < -0.3 is 15.4 Å². The number of para-hydroxylation sites is 1. The summed E-state index contributed by atoms with van der Waals surface area (Å²) in [6.07, 6.45) is -0.0310. The van der Waals surface area contributed by atoms with Crippen LogP contribution in [-0.4, -0.2) is 17.9 Å². The SMILES string of the molecule is CC(C)Oc1ccccc1C(=O)Nc1ccc(NC(=O)c2ccc(C(C)(C)C)cc2)cc1. The molecular formula is C27H30N2O3. The average Bonchev–Trinajstić information content (AvgIpc) is 2.74. The molecule has 3 rings (SSSR count). The van der Waals surface area contributed by atoms with Crippen LogP contribution >= 0.6 is 0 Å². The molecule has 3 aromatic rings. The predicted molar refractivity (Wildman–Crippen MR) is 130 cm³/mol. The standard InChI is InChI=1S/C27H30N2O3/c1-18(2)32-24-9-7-6-8-23(24)26(31)29-22-16-14-21(15-17-22)28-25(30)19-10-12-20(13-11-19)27(3,4)5/h6-18H,1-5H3,(H,28,30)(H,29,31). The lowest BCUT2D eigenvalue weighted by atomic mass is 9.87. The molecule has 2 N–H and O–H groups in total. The molecule has 2 amide bonds. The van der Waals surface area contributed by atoms with Crippen molar-refractivity contribution in [2.45, 2.75) is 46.1 Å². The summed E-state index contributed by atoms with van der Waals surface area (Å²) in [7, 11) is 0. The van der Waals surface area contributed by atoms with Gasteiger partial charge in [-0.15, -0.1) is 0 Å². The maximum atomic E-state index is 12.7. The third-order valence-corrected chi connectivity index (χ3v) is 4.91. The van der Waals surface area contributed by atoms with Gasteiger partial charge in [0.1, 0.15) is 5.75 Å². The number of hydrogen-bond donors (Lipinski definition) is 2. The molecule has 166 valence electrons. The van der Waals surface area contributed by atoms with E-state index in [1.807, 2.05) is 44.2 Å². The first-order valence-corrected chi connectivity index (χ1v) is 10.7. The molecule has 0 saturated carbocycles. The molecule has 0 bridgehead atoms. The molecular weight excluding hydrogens is 400 g/mol. The topological polar surface area (TPSA) is 67.4 Å². The smallest absolute Gasteiger partial charge is 0.259 e. The summed E-state index contributed by atoms with van der Waals surface area (Å²) >= 11 is 0. The second kappa shape index (κ2) is 9.69. The molecule has 0 aliphatic rings. The van der Waals surface area contributed by atoms with Gasteiger partial charge in [0.15, 0.2) is 0 Å². The van der Waals surface area contributed by atoms with Gasteiger partial charge in [0.2, 0.25) is 0 Å². The van der Waals surface area contributed by atoms with Gasteiger partial charge in [-0.3, -0.25) is 9.59 Å². The van der Waals surface area contributed by atoms with E-state index in [0.29, 0.717) is 28.3 Å². The molecule has 0 saturated heterocycles. The van der Waals surface area contributed by atoms with Crippen molar-refractivity contribution in [2.75, 3.05) is 10.6 Å². The normalized spacial score (nSPS) is 11.2. The predicted octanol–water partition coefficient (Wildman–Crippen LogP) is 6.28. The molecule has 32 heavy (non-hydrogen) atoms. The van der Waals surface area contributed by atoms with Crippen molar-refractivity contribution >= 4 is 23.2 Å². The Morgan fingerprint density at radius 1 is 0.750 bits per heavy atom. The zero-order valence-electron chi connectivity index (χ0n) is 19.2. The lowest BCUT2D eigenvalue weighted by molar-refractivity contribution is 0.101. The molecule has 5 heteroatoms. The molecule has 0 spiro atoms. The minimum absolute atomic E-state index is 0.0310. The lowest BCUT2D eigenvalue weighted by Gasteiger charge is -2.19. The van der Waals surface area contributed by atoms with Crippen molar-refractivity contribution in [1.82, 2.24) is 0 Å². The van der Waals surface area contributed by atoms with Crippen LogP contribution in [0.1, 0.15) is 60.9 Å². The summed E-state index contributed by atoms with van der Waals surface area (Å²) in [6, 6.07) is 21.8. The molecule has 0 aromatic heterocycles. The first-order valence-electron chi connectivity index (χ1n) is 10.7. The van der Waals surface area contributed by atoms with Crippen LogP contribution in [-0.2, 0) is 5.41 Å². The molecule has 0 fully saturated rings.